The quantitative estimate of drug-likeness (QED) is 0.119. The van der Waals surface area contributed by atoms with Gasteiger partial charge < -0.3 is 25.0 Å². The highest BCUT2D eigenvalue weighted by molar-refractivity contribution is 7.99. The van der Waals surface area contributed by atoms with E-state index in [1.54, 1.807) is 0 Å². The van der Waals surface area contributed by atoms with Gasteiger partial charge in [0.1, 0.15) is 0 Å². The lowest BCUT2D eigenvalue weighted by atomic mass is 9.71. The monoisotopic (exact) mass is 735 g/mol. The highest BCUT2D eigenvalue weighted by atomic mass is 32.2. The molecule has 1 aliphatic heterocycles. The fourth-order valence-corrected chi connectivity index (χ4v) is 9.17. The second-order valence-corrected chi connectivity index (χ2v) is 16.1. The zero-order valence-electron chi connectivity index (χ0n) is 32.6. The van der Waals surface area contributed by atoms with Gasteiger partial charge in [-0.2, -0.15) is 0 Å². The zero-order valence-corrected chi connectivity index (χ0v) is 33.4. The van der Waals surface area contributed by atoms with Crippen molar-refractivity contribution in [3.8, 4) is 0 Å². The van der Waals surface area contributed by atoms with Crippen molar-refractivity contribution >= 4 is 29.5 Å². The number of carbonyl (C=O) groups is 1. The summed E-state index contributed by atoms with van der Waals surface area (Å²) >= 11 is 2.03. The maximum absolute atomic E-state index is 11.0. The van der Waals surface area contributed by atoms with E-state index >= 15 is 0 Å². The summed E-state index contributed by atoms with van der Waals surface area (Å²) in [6.45, 7) is 6.00. The van der Waals surface area contributed by atoms with Crippen LogP contribution in [0.1, 0.15) is 93.4 Å². The van der Waals surface area contributed by atoms with Gasteiger partial charge in [0.2, 0.25) is 6.41 Å². The number of thioether (sulfide) groups is 1. The highest BCUT2D eigenvalue weighted by Gasteiger charge is 2.36. The first-order valence-electron chi connectivity index (χ1n) is 19.6. The van der Waals surface area contributed by atoms with Gasteiger partial charge in [-0.3, -0.25) is 4.79 Å². The molecule has 1 saturated carbocycles. The summed E-state index contributed by atoms with van der Waals surface area (Å²) in [6.07, 6.45) is 10.5. The van der Waals surface area contributed by atoms with E-state index in [4.69, 9.17) is 9.47 Å². The molecular formula is C46H61N3O3S. The van der Waals surface area contributed by atoms with Crippen molar-refractivity contribution in [3.63, 3.8) is 0 Å². The molecule has 6 nitrogen and oxygen atoms in total. The summed E-state index contributed by atoms with van der Waals surface area (Å²) in [5.41, 5.74) is 7.64. The standard InChI is InChI=1S/C25H34N2OS.C21H27NO2/c1-5-7-13-25(6-2)16-23(19-9-8-10-20(14-19)26-18-28)22-15-21(27(3)4)11-12-24(22)29-17-25;1-22-19-12-20(23-15-17-8-4-2-5-9-17)14-21(13-19)24-16-18-10-6-3-7-11-18/h8-12,14-15,18,23H,5-7,13,16-17H2,1-4H3,(H,26,28);2-11,19-22H,12-16H2,1H3/t23-,25+;/m1./s1. The number of nitrogens with zero attached hydrogens (tertiary/aromatic N) is 1. The molecule has 4 aromatic rings. The van der Waals surface area contributed by atoms with Crippen molar-refractivity contribution in [2.45, 2.75) is 107 Å². The summed E-state index contributed by atoms with van der Waals surface area (Å²) in [5.74, 6) is 1.52. The number of rotatable bonds is 15. The fraction of sp³-hybridized carbons (Fsp3) is 0.457. The third-order valence-electron chi connectivity index (χ3n) is 11.1. The molecule has 7 heteroatoms. The van der Waals surface area contributed by atoms with Gasteiger partial charge in [0, 0.05) is 48.1 Å². The molecule has 0 radical (unpaired) electrons. The summed E-state index contributed by atoms with van der Waals surface area (Å²) in [6, 6.07) is 36.5. The van der Waals surface area contributed by atoms with E-state index < -0.39 is 0 Å². The van der Waals surface area contributed by atoms with Crippen LogP contribution >= 0.6 is 11.8 Å². The van der Waals surface area contributed by atoms with Crippen molar-refractivity contribution in [1.82, 2.24) is 5.32 Å². The minimum atomic E-state index is 0.247. The molecule has 4 aromatic carbocycles. The Hall–Kier alpha value is -3.62. The fourth-order valence-electron chi connectivity index (χ4n) is 7.71. The first kappa shape index (κ1) is 40.6. The highest BCUT2D eigenvalue weighted by Crippen LogP contribution is 2.51. The minimum Gasteiger partial charge on any atom is -0.378 e. The molecule has 0 spiro atoms. The van der Waals surface area contributed by atoms with Gasteiger partial charge in [-0.1, -0.05) is 99.5 Å². The Balaban J connectivity index is 0.000000208. The van der Waals surface area contributed by atoms with Crippen LogP contribution in [0.3, 0.4) is 0 Å². The van der Waals surface area contributed by atoms with Crippen LogP contribution in [0.5, 0.6) is 0 Å². The van der Waals surface area contributed by atoms with Crippen LogP contribution in [0.15, 0.2) is 108 Å². The lowest BCUT2D eigenvalue weighted by Crippen LogP contribution is -2.41. The van der Waals surface area contributed by atoms with Crippen molar-refractivity contribution in [2.24, 2.45) is 5.41 Å². The average molecular weight is 736 g/mol. The Bertz CT molecular complexity index is 1620. The molecule has 0 bridgehead atoms. The molecule has 1 fully saturated rings. The van der Waals surface area contributed by atoms with Gasteiger partial charge >= 0.3 is 0 Å². The van der Waals surface area contributed by atoms with Crippen LogP contribution < -0.4 is 15.5 Å². The zero-order chi connectivity index (χ0) is 37.5. The Morgan fingerprint density at radius 2 is 1.49 bits per heavy atom. The van der Waals surface area contributed by atoms with Gasteiger partial charge in [0.05, 0.1) is 25.4 Å². The number of benzene rings is 4. The lowest BCUT2D eigenvalue weighted by molar-refractivity contribution is -0.105. The van der Waals surface area contributed by atoms with E-state index in [1.165, 1.54) is 64.3 Å². The topological polar surface area (TPSA) is 62.8 Å². The second-order valence-electron chi connectivity index (χ2n) is 15.0. The first-order valence-corrected chi connectivity index (χ1v) is 20.6. The van der Waals surface area contributed by atoms with Crippen LogP contribution in [0.25, 0.3) is 0 Å². The number of hydrogen-bond donors (Lipinski definition) is 2. The smallest absolute Gasteiger partial charge is 0.211 e. The number of hydrogen-bond acceptors (Lipinski definition) is 6. The number of fused-ring (bicyclic) bond motifs is 1. The Morgan fingerprint density at radius 3 is 2.06 bits per heavy atom. The predicted octanol–water partition coefficient (Wildman–Crippen LogP) is 10.5. The summed E-state index contributed by atoms with van der Waals surface area (Å²) in [7, 11) is 6.23. The van der Waals surface area contributed by atoms with Crippen LogP contribution in [0.2, 0.25) is 0 Å². The van der Waals surface area contributed by atoms with Gasteiger partial charge in [0.25, 0.3) is 0 Å². The van der Waals surface area contributed by atoms with Gasteiger partial charge in [0.15, 0.2) is 0 Å². The SMILES string of the molecule is CCCC[C@]1(CC)CSc2ccc(N(C)C)cc2[C@@H](c2cccc(NC=O)c2)C1.CNC1CC(OCc2ccccc2)CC(OCc2ccccc2)C1. The summed E-state index contributed by atoms with van der Waals surface area (Å²) < 4.78 is 12.3. The van der Waals surface area contributed by atoms with Crippen LogP contribution in [-0.2, 0) is 27.5 Å². The molecule has 2 N–H and O–H groups in total. The molecule has 4 atom stereocenters. The lowest BCUT2D eigenvalue weighted by Gasteiger charge is -2.34. The van der Waals surface area contributed by atoms with E-state index in [9.17, 15) is 4.79 Å². The second kappa shape index (κ2) is 20.7. The third-order valence-corrected chi connectivity index (χ3v) is 12.5. The molecule has 284 valence electrons. The summed E-state index contributed by atoms with van der Waals surface area (Å²) in [5, 5.41) is 6.23. The van der Waals surface area contributed by atoms with Crippen molar-refractivity contribution < 1.29 is 14.3 Å². The number of ether oxygens (including phenoxy) is 2. The maximum atomic E-state index is 11.0. The molecule has 0 aromatic heterocycles. The van der Waals surface area contributed by atoms with Crippen LogP contribution in [0, 0.1) is 5.41 Å². The molecule has 53 heavy (non-hydrogen) atoms. The van der Waals surface area contributed by atoms with Gasteiger partial charge in [-0.15, -0.1) is 11.8 Å². The molecule has 0 saturated heterocycles. The van der Waals surface area contributed by atoms with Crippen molar-refractivity contribution in [1.29, 1.82) is 0 Å². The van der Waals surface area contributed by atoms with E-state index in [1.807, 2.05) is 37.0 Å². The number of carbonyl (C=O) groups excluding carboxylic acids is 1. The Labute approximate surface area is 323 Å². The normalized spacial score (nSPS) is 22.4. The molecule has 2 aliphatic rings. The first-order chi connectivity index (χ1) is 25.8. The van der Waals surface area contributed by atoms with E-state index in [0.717, 1.165) is 37.8 Å². The van der Waals surface area contributed by atoms with E-state index in [2.05, 4.69) is 128 Å². The van der Waals surface area contributed by atoms with E-state index in [-0.39, 0.29) is 12.2 Å². The number of unbranched alkanes of at least 4 members (excludes halogenated alkanes) is 1. The van der Waals surface area contributed by atoms with Crippen LogP contribution in [0.4, 0.5) is 11.4 Å². The Kier molecular flexibility index (Phi) is 15.9. The largest absolute Gasteiger partial charge is 0.378 e. The van der Waals surface area contributed by atoms with Gasteiger partial charge in [-0.05, 0) is 104 Å². The van der Waals surface area contributed by atoms with E-state index in [0.29, 0.717) is 30.6 Å². The maximum Gasteiger partial charge on any atom is 0.211 e. The minimum absolute atomic E-state index is 0.247. The third kappa shape index (κ3) is 11.9. The molecule has 1 aliphatic carbocycles. The summed E-state index contributed by atoms with van der Waals surface area (Å²) in [4.78, 5) is 14.6. The predicted molar refractivity (Wildman–Crippen MR) is 223 cm³/mol. The molecule has 2 unspecified atom stereocenters. The molecule has 6 rings (SSSR count). The number of amides is 1. The molecular weight excluding hydrogens is 675 g/mol. The number of anilines is 2. The van der Waals surface area contributed by atoms with Gasteiger partial charge in [-0.25, -0.2) is 0 Å². The number of nitrogens with one attached hydrogen (secondary N) is 2. The Morgan fingerprint density at radius 1 is 0.830 bits per heavy atom. The van der Waals surface area contributed by atoms with Crippen molar-refractivity contribution in [3.05, 3.63) is 125 Å². The average Bonchev–Trinajstić information content (AvgIpc) is 3.37. The van der Waals surface area contributed by atoms with Crippen molar-refractivity contribution in [2.75, 3.05) is 37.1 Å². The molecule has 1 amide bonds. The van der Waals surface area contributed by atoms with Crippen LogP contribution in [-0.4, -0.2) is 51.6 Å². The molecule has 1 heterocycles.